The molecule has 9 aromatic carbocycles. The van der Waals surface area contributed by atoms with Gasteiger partial charge in [-0.1, -0.05) is 194 Å². The van der Waals surface area contributed by atoms with Gasteiger partial charge in [0.25, 0.3) is 0 Å². The molecule has 2 aliphatic carbocycles. The van der Waals surface area contributed by atoms with Crippen molar-refractivity contribution in [1.82, 2.24) is 15.0 Å². The SMILES string of the molecule is c1ccc(-c2nc(-c3ccc4c(c3)oc3ccccc34)nc(-c3ccccc3-c3ccc(-c4cccc5c4C4(c6ccccc6-c6ccccc64)c4ccccc4-5)cc3)n2)cc1. The molecule has 2 heterocycles. The van der Waals surface area contributed by atoms with Gasteiger partial charge < -0.3 is 4.42 Å². The molecule has 0 bridgehead atoms. The Bertz CT molecular complexity index is 3520. The van der Waals surface area contributed by atoms with Gasteiger partial charge in [0.05, 0.1) is 5.41 Å². The molecular weight excluding hydrogens is 755 g/mol. The second-order valence-electron chi connectivity index (χ2n) is 16.2. The summed E-state index contributed by atoms with van der Waals surface area (Å²) in [6.45, 7) is 0. The van der Waals surface area contributed by atoms with Crippen LogP contribution < -0.4 is 0 Å². The first-order valence-corrected chi connectivity index (χ1v) is 21.1. The van der Waals surface area contributed by atoms with Crippen molar-refractivity contribution in [3.63, 3.8) is 0 Å². The second-order valence-corrected chi connectivity index (χ2v) is 16.2. The number of aromatic nitrogens is 3. The predicted molar refractivity (Wildman–Crippen MR) is 251 cm³/mol. The quantitative estimate of drug-likeness (QED) is 0.174. The summed E-state index contributed by atoms with van der Waals surface area (Å²) in [5.41, 5.74) is 19.1. The minimum atomic E-state index is -0.428. The van der Waals surface area contributed by atoms with E-state index in [9.17, 15) is 0 Å². The van der Waals surface area contributed by atoms with Crippen LogP contribution in [-0.4, -0.2) is 15.0 Å². The molecule has 0 saturated carbocycles. The Hall–Kier alpha value is -8.21. The van der Waals surface area contributed by atoms with Gasteiger partial charge in [0.15, 0.2) is 17.5 Å². The number of fused-ring (bicyclic) bond motifs is 13. The maximum absolute atomic E-state index is 6.29. The zero-order chi connectivity index (χ0) is 40.8. The van der Waals surface area contributed by atoms with Gasteiger partial charge in [-0.3, -0.25) is 0 Å². The topological polar surface area (TPSA) is 51.8 Å². The van der Waals surface area contributed by atoms with Crippen LogP contribution in [0.3, 0.4) is 0 Å². The van der Waals surface area contributed by atoms with Crippen LogP contribution in [0.4, 0.5) is 0 Å². The molecule has 0 N–H and O–H groups in total. The Labute approximate surface area is 358 Å². The number of hydrogen-bond acceptors (Lipinski definition) is 4. The van der Waals surface area contributed by atoms with Crippen LogP contribution in [0.15, 0.2) is 217 Å². The van der Waals surface area contributed by atoms with E-state index in [2.05, 4.69) is 158 Å². The van der Waals surface area contributed by atoms with E-state index in [1.807, 2.05) is 54.6 Å². The predicted octanol–water partition coefficient (Wildman–Crippen LogP) is 14.4. The van der Waals surface area contributed by atoms with Crippen molar-refractivity contribution < 1.29 is 4.42 Å². The minimum absolute atomic E-state index is 0.428. The zero-order valence-electron chi connectivity index (χ0n) is 33.5. The fourth-order valence-electron chi connectivity index (χ4n) is 10.4. The van der Waals surface area contributed by atoms with Gasteiger partial charge in [-0.05, 0) is 85.0 Å². The molecule has 0 saturated heterocycles. The largest absolute Gasteiger partial charge is 0.456 e. The lowest BCUT2D eigenvalue weighted by atomic mass is 9.68. The van der Waals surface area contributed by atoms with Crippen LogP contribution in [0.1, 0.15) is 22.3 Å². The van der Waals surface area contributed by atoms with Gasteiger partial charge in [-0.25, -0.2) is 15.0 Å². The monoisotopic (exact) mass is 789 g/mol. The lowest BCUT2D eigenvalue weighted by Crippen LogP contribution is -2.26. The van der Waals surface area contributed by atoms with Crippen molar-refractivity contribution in [2.45, 2.75) is 5.41 Å². The highest BCUT2D eigenvalue weighted by molar-refractivity contribution is 6.06. The van der Waals surface area contributed by atoms with Gasteiger partial charge >= 0.3 is 0 Å². The molecular formula is C58H35N3O. The number of furan rings is 1. The van der Waals surface area contributed by atoms with E-state index in [-0.39, 0.29) is 0 Å². The Morgan fingerprint density at radius 1 is 0.290 bits per heavy atom. The van der Waals surface area contributed by atoms with E-state index in [0.29, 0.717) is 17.5 Å². The van der Waals surface area contributed by atoms with Crippen LogP contribution in [0.25, 0.3) is 101 Å². The summed E-state index contributed by atoms with van der Waals surface area (Å²) >= 11 is 0. The van der Waals surface area contributed by atoms with E-state index >= 15 is 0 Å². The Kier molecular flexibility index (Phi) is 7.49. The summed E-state index contributed by atoms with van der Waals surface area (Å²) < 4.78 is 6.29. The molecule has 13 rings (SSSR count). The summed E-state index contributed by atoms with van der Waals surface area (Å²) in [5.74, 6) is 1.81. The molecule has 0 atom stereocenters. The molecule has 4 nitrogen and oxygen atoms in total. The van der Waals surface area contributed by atoms with Crippen molar-refractivity contribution >= 4 is 21.9 Å². The number of para-hydroxylation sites is 1. The molecule has 0 unspecified atom stereocenters. The lowest BCUT2D eigenvalue weighted by Gasteiger charge is -2.32. The third-order valence-electron chi connectivity index (χ3n) is 13.0. The van der Waals surface area contributed by atoms with Crippen molar-refractivity contribution in [3.8, 4) is 78.7 Å². The van der Waals surface area contributed by atoms with Gasteiger partial charge in [-0.15, -0.1) is 0 Å². The Morgan fingerprint density at radius 3 is 1.45 bits per heavy atom. The van der Waals surface area contributed by atoms with E-state index in [4.69, 9.17) is 19.4 Å². The zero-order valence-corrected chi connectivity index (χ0v) is 33.5. The fourth-order valence-corrected chi connectivity index (χ4v) is 10.4. The van der Waals surface area contributed by atoms with Crippen LogP contribution in [-0.2, 0) is 5.41 Å². The van der Waals surface area contributed by atoms with Gasteiger partial charge in [-0.2, -0.15) is 0 Å². The molecule has 0 aliphatic heterocycles. The van der Waals surface area contributed by atoms with E-state index in [1.165, 1.54) is 55.6 Å². The summed E-state index contributed by atoms with van der Waals surface area (Å²) in [6, 6.07) is 75.7. The fraction of sp³-hybridized carbons (Fsp3) is 0.0172. The number of nitrogens with zero attached hydrogens (tertiary/aromatic N) is 3. The Morgan fingerprint density at radius 2 is 0.758 bits per heavy atom. The molecule has 0 radical (unpaired) electrons. The number of benzene rings is 9. The molecule has 0 amide bonds. The second kappa shape index (κ2) is 13.4. The van der Waals surface area contributed by atoms with E-state index in [1.54, 1.807) is 0 Å². The van der Waals surface area contributed by atoms with Gasteiger partial charge in [0.2, 0.25) is 0 Å². The summed E-state index contributed by atoms with van der Waals surface area (Å²) in [4.78, 5) is 15.4. The third kappa shape index (κ3) is 4.98. The van der Waals surface area contributed by atoms with Crippen molar-refractivity contribution in [2.75, 3.05) is 0 Å². The summed E-state index contributed by atoms with van der Waals surface area (Å²) in [6.07, 6.45) is 0. The average molecular weight is 790 g/mol. The molecule has 2 aliphatic rings. The molecule has 62 heavy (non-hydrogen) atoms. The average Bonchev–Trinajstić information content (AvgIpc) is 3.98. The Balaban J connectivity index is 0.947. The van der Waals surface area contributed by atoms with Gasteiger partial charge in [0, 0.05) is 27.5 Å². The first kappa shape index (κ1) is 34.6. The molecule has 2 aromatic heterocycles. The molecule has 288 valence electrons. The van der Waals surface area contributed by atoms with Crippen LogP contribution in [0, 0.1) is 0 Å². The first-order valence-electron chi connectivity index (χ1n) is 21.1. The maximum atomic E-state index is 6.29. The molecule has 11 aromatic rings. The minimum Gasteiger partial charge on any atom is -0.456 e. The summed E-state index contributed by atoms with van der Waals surface area (Å²) in [7, 11) is 0. The molecule has 1 spiro atoms. The first-order chi connectivity index (χ1) is 30.7. The van der Waals surface area contributed by atoms with Gasteiger partial charge in [0.1, 0.15) is 11.2 Å². The number of rotatable bonds is 5. The standard InChI is InChI=1S/C58H35N3O/c1-2-15-38(16-3-1)55-59-56(39-33-34-46-45-21-9-13-28-52(45)62-53(46)35-39)61-57(60-55)48-22-5-4-17-40(48)36-29-31-37(32-30-36)41-23-14-24-47-44-20-8-12-27-51(44)58(54(41)47)49-25-10-6-18-42(49)43-19-7-11-26-50(43)58/h1-35H. The summed E-state index contributed by atoms with van der Waals surface area (Å²) in [5, 5.41) is 2.15. The highest BCUT2D eigenvalue weighted by Gasteiger charge is 2.52. The third-order valence-corrected chi connectivity index (χ3v) is 13.0. The van der Waals surface area contributed by atoms with Crippen molar-refractivity contribution in [3.05, 3.63) is 235 Å². The van der Waals surface area contributed by atoms with Crippen molar-refractivity contribution in [2.24, 2.45) is 0 Å². The highest BCUT2D eigenvalue weighted by Crippen LogP contribution is 2.64. The lowest BCUT2D eigenvalue weighted by molar-refractivity contribution is 0.669. The smallest absolute Gasteiger partial charge is 0.164 e. The molecule has 0 fully saturated rings. The van der Waals surface area contributed by atoms with E-state index in [0.717, 1.165) is 49.8 Å². The highest BCUT2D eigenvalue weighted by atomic mass is 16.3. The van der Waals surface area contributed by atoms with Crippen LogP contribution in [0.5, 0.6) is 0 Å². The molecule has 4 heteroatoms. The normalized spacial score (nSPS) is 13.0. The van der Waals surface area contributed by atoms with Crippen LogP contribution in [0.2, 0.25) is 0 Å². The van der Waals surface area contributed by atoms with E-state index < -0.39 is 5.41 Å². The number of hydrogen-bond donors (Lipinski definition) is 0. The van der Waals surface area contributed by atoms with Crippen LogP contribution >= 0.6 is 0 Å². The van der Waals surface area contributed by atoms with Crippen molar-refractivity contribution in [1.29, 1.82) is 0 Å². The maximum Gasteiger partial charge on any atom is 0.164 e.